The molecule has 0 bridgehead atoms. The van der Waals surface area contributed by atoms with Crippen LogP contribution in [0.2, 0.25) is 0 Å². The first-order valence-electron chi connectivity index (χ1n) is 6.85. The van der Waals surface area contributed by atoms with Crippen LogP contribution in [0.25, 0.3) is 0 Å². The van der Waals surface area contributed by atoms with E-state index in [0.29, 0.717) is 25.4 Å². The van der Waals surface area contributed by atoms with E-state index in [2.05, 4.69) is 15.4 Å². The number of nitrogens with zero attached hydrogens (tertiary/aromatic N) is 3. The molecule has 20 heavy (non-hydrogen) atoms. The molecule has 7 heteroatoms. The lowest BCUT2D eigenvalue weighted by Crippen LogP contribution is -2.64. The molecule has 2 fully saturated rings. The maximum Gasteiger partial charge on any atom is 0.239 e. The van der Waals surface area contributed by atoms with E-state index >= 15 is 0 Å². The molecule has 2 aliphatic heterocycles. The Morgan fingerprint density at radius 2 is 2.35 bits per heavy atom. The van der Waals surface area contributed by atoms with Gasteiger partial charge in [0.2, 0.25) is 11.8 Å². The second kappa shape index (κ2) is 5.24. The zero-order valence-electron chi connectivity index (χ0n) is 11.5. The summed E-state index contributed by atoms with van der Waals surface area (Å²) in [4.78, 5) is 28.0. The number of hydrogen-bond donors (Lipinski definition) is 1. The first-order valence-corrected chi connectivity index (χ1v) is 6.85. The maximum atomic E-state index is 12.2. The molecule has 2 amide bonds. The number of fused-ring (bicyclic) bond motifs is 1. The smallest absolute Gasteiger partial charge is 0.239 e. The molecule has 0 aliphatic carbocycles. The van der Waals surface area contributed by atoms with Gasteiger partial charge in [-0.25, -0.2) is 0 Å². The Kier molecular flexibility index (Phi) is 3.43. The fourth-order valence-electron chi connectivity index (χ4n) is 2.76. The Morgan fingerprint density at radius 3 is 3.10 bits per heavy atom. The zero-order valence-corrected chi connectivity index (χ0v) is 11.5. The Balaban J connectivity index is 1.63. The summed E-state index contributed by atoms with van der Waals surface area (Å²) in [5, 5.41) is 6.62. The van der Waals surface area contributed by atoms with Gasteiger partial charge in [-0.2, -0.15) is 0 Å². The van der Waals surface area contributed by atoms with Crippen molar-refractivity contribution in [2.75, 3.05) is 32.7 Å². The van der Waals surface area contributed by atoms with Crippen LogP contribution in [0.3, 0.4) is 0 Å². The van der Waals surface area contributed by atoms with Crippen LogP contribution >= 0.6 is 0 Å². The molecule has 2 aliphatic rings. The molecule has 0 saturated carbocycles. The lowest BCUT2D eigenvalue weighted by Gasteiger charge is -2.42. The number of amides is 2. The Labute approximate surface area is 116 Å². The molecule has 1 atom stereocenters. The van der Waals surface area contributed by atoms with Gasteiger partial charge in [-0.15, -0.1) is 0 Å². The molecule has 2 saturated heterocycles. The van der Waals surface area contributed by atoms with E-state index in [1.807, 2.05) is 6.92 Å². The van der Waals surface area contributed by atoms with Gasteiger partial charge in [-0.05, 0) is 6.92 Å². The van der Waals surface area contributed by atoms with Gasteiger partial charge in [0.1, 0.15) is 11.8 Å². The molecular weight excluding hydrogens is 260 g/mol. The predicted octanol–water partition coefficient (Wildman–Crippen LogP) is -0.832. The number of carbonyl (C=O) groups excluding carboxylic acids is 2. The fourth-order valence-corrected chi connectivity index (χ4v) is 2.76. The van der Waals surface area contributed by atoms with Crippen molar-refractivity contribution in [3.05, 3.63) is 17.5 Å². The highest BCUT2D eigenvalue weighted by Crippen LogP contribution is 2.14. The van der Waals surface area contributed by atoms with Crippen molar-refractivity contribution in [2.24, 2.45) is 0 Å². The fraction of sp³-hybridized carbons (Fsp3) is 0.615. The quantitative estimate of drug-likeness (QED) is 0.764. The number of piperazine rings is 2. The number of carbonyl (C=O) groups is 2. The van der Waals surface area contributed by atoms with Gasteiger partial charge in [0.15, 0.2) is 0 Å². The third-order valence-corrected chi connectivity index (χ3v) is 3.85. The highest BCUT2D eigenvalue weighted by atomic mass is 16.5. The third-order valence-electron chi connectivity index (χ3n) is 3.85. The van der Waals surface area contributed by atoms with Crippen LogP contribution in [0.4, 0.5) is 0 Å². The van der Waals surface area contributed by atoms with E-state index in [0.717, 1.165) is 18.8 Å². The Bertz CT molecular complexity index is 527. The van der Waals surface area contributed by atoms with E-state index in [1.165, 1.54) is 0 Å². The minimum atomic E-state index is -0.210. The minimum Gasteiger partial charge on any atom is -0.361 e. The van der Waals surface area contributed by atoms with Crippen LogP contribution in [-0.4, -0.2) is 65.5 Å². The van der Waals surface area contributed by atoms with E-state index < -0.39 is 0 Å². The molecule has 108 valence electrons. The van der Waals surface area contributed by atoms with Crippen LogP contribution in [0.15, 0.2) is 10.6 Å². The summed E-state index contributed by atoms with van der Waals surface area (Å²) in [6.07, 6.45) is 0.204. The van der Waals surface area contributed by atoms with E-state index in [1.54, 1.807) is 11.0 Å². The average Bonchev–Trinajstić information content (AvgIpc) is 2.84. The van der Waals surface area contributed by atoms with Gasteiger partial charge >= 0.3 is 0 Å². The first-order chi connectivity index (χ1) is 9.63. The van der Waals surface area contributed by atoms with Crippen molar-refractivity contribution in [1.82, 2.24) is 20.3 Å². The number of aromatic nitrogens is 1. The summed E-state index contributed by atoms with van der Waals surface area (Å²) < 4.78 is 5.07. The summed E-state index contributed by atoms with van der Waals surface area (Å²) in [5.74, 6) is 0.575. The summed E-state index contributed by atoms with van der Waals surface area (Å²) in [6, 6.07) is 1.56. The number of aryl methyl sites for hydroxylation is 1. The number of rotatable bonds is 2. The molecule has 1 aromatic rings. The van der Waals surface area contributed by atoms with Gasteiger partial charge in [0, 0.05) is 38.8 Å². The van der Waals surface area contributed by atoms with Crippen molar-refractivity contribution in [3.63, 3.8) is 0 Å². The third kappa shape index (κ3) is 2.53. The Morgan fingerprint density at radius 1 is 1.50 bits per heavy atom. The van der Waals surface area contributed by atoms with Gasteiger partial charge in [-0.1, -0.05) is 5.16 Å². The molecular formula is C13H18N4O3. The second-order valence-corrected chi connectivity index (χ2v) is 5.29. The number of nitrogens with one attached hydrogen (secondary N) is 1. The molecule has 0 radical (unpaired) electrons. The molecule has 0 aromatic carbocycles. The van der Waals surface area contributed by atoms with Crippen LogP contribution in [0, 0.1) is 6.92 Å². The molecule has 7 nitrogen and oxygen atoms in total. The van der Waals surface area contributed by atoms with Crippen molar-refractivity contribution in [1.29, 1.82) is 0 Å². The highest BCUT2D eigenvalue weighted by Gasteiger charge is 2.36. The maximum absolute atomic E-state index is 12.2. The zero-order chi connectivity index (χ0) is 14.1. The SMILES string of the molecule is Cc1cc(CC(=O)N2CCN3CCNC(=O)[C@H]3C2)on1. The summed E-state index contributed by atoms with van der Waals surface area (Å²) in [7, 11) is 0. The van der Waals surface area contributed by atoms with Crippen molar-refractivity contribution in [2.45, 2.75) is 19.4 Å². The topological polar surface area (TPSA) is 78.7 Å². The predicted molar refractivity (Wildman–Crippen MR) is 69.9 cm³/mol. The second-order valence-electron chi connectivity index (χ2n) is 5.29. The van der Waals surface area contributed by atoms with Crippen LogP contribution in [-0.2, 0) is 16.0 Å². The number of hydrogen-bond acceptors (Lipinski definition) is 5. The largest absolute Gasteiger partial charge is 0.361 e. The highest BCUT2D eigenvalue weighted by molar-refractivity contribution is 5.84. The van der Waals surface area contributed by atoms with Crippen molar-refractivity contribution < 1.29 is 14.1 Å². The van der Waals surface area contributed by atoms with Crippen molar-refractivity contribution >= 4 is 11.8 Å². The molecule has 3 heterocycles. The normalized spacial score (nSPS) is 23.4. The van der Waals surface area contributed by atoms with E-state index in [9.17, 15) is 9.59 Å². The standard InChI is InChI=1S/C13H18N4O3/c1-9-6-10(20-15-9)7-12(18)17-5-4-16-3-2-14-13(19)11(16)8-17/h6,11H,2-5,7-8H2,1H3,(H,14,19)/t11-/m1/s1. The van der Waals surface area contributed by atoms with E-state index in [4.69, 9.17) is 4.52 Å². The molecule has 1 aromatic heterocycles. The van der Waals surface area contributed by atoms with Crippen LogP contribution in [0.1, 0.15) is 11.5 Å². The summed E-state index contributed by atoms with van der Waals surface area (Å²) >= 11 is 0. The van der Waals surface area contributed by atoms with Crippen LogP contribution in [0.5, 0.6) is 0 Å². The van der Waals surface area contributed by atoms with Gasteiger partial charge in [0.25, 0.3) is 0 Å². The van der Waals surface area contributed by atoms with Gasteiger partial charge in [0.05, 0.1) is 12.1 Å². The van der Waals surface area contributed by atoms with Gasteiger partial charge < -0.3 is 14.7 Å². The average molecular weight is 278 g/mol. The molecule has 3 rings (SSSR count). The molecule has 0 spiro atoms. The van der Waals surface area contributed by atoms with Gasteiger partial charge in [-0.3, -0.25) is 14.5 Å². The summed E-state index contributed by atoms with van der Waals surface area (Å²) in [6.45, 7) is 5.25. The van der Waals surface area contributed by atoms with Crippen LogP contribution < -0.4 is 5.32 Å². The lowest BCUT2D eigenvalue weighted by atomic mass is 10.1. The van der Waals surface area contributed by atoms with Crippen molar-refractivity contribution in [3.8, 4) is 0 Å². The molecule has 1 N–H and O–H groups in total. The lowest BCUT2D eigenvalue weighted by molar-refractivity contribution is -0.139. The van der Waals surface area contributed by atoms with E-state index in [-0.39, 0.29) is 24.3 Å². The minimum absolute atomic E-state index is 0.0147. The first kappa shape index (κ1) is 13.1. The monoisotopic (exact) mass is 278 g/mol. The Hall–Kier alpha value is -1.89. The molecule has 0 unspecified atom stereocenters. The summed E-state index contributed by atoms with van der Waals surface area (Å²) in [5.41, 5.74) is 0.768.